The van der Waals surface area contributed by atoms with Crippen LogP contribution in [0.1, 0.15) is 66.1 Å². The van der Waals surface area contributed by atoms with E-state index in [0.717, 1.165) is 0 Å². The number of nitrogens with one attached hydrogen (secondary N) is 2. The van der Waals surface area contributed by atoms with Gasteiger partial charge in [0.05, 0.1) is 13.7 Å². The summed E-state index contributed by atoms with van der Waals surface area (Å²) in [6.07, 6.45) is -10.7. The number of alkyl halides is 17. The number of anilines is 1. The number of allylic oxidation sites excluding steroid dienone is 1. The van der Waals surface area contributed by atoms with Gasteiger partial charge in [-0.2, -0.15) is 74.6 Å². The Bertz CT molecular complexity index is 1970. The molecule has 2 rings (SSSR count). The third kappa shape index (κ3) is 12.0. The van der Waals surface area contributed by atoms with Crippen LogP contribution >= 0.6 is 0 Å². The smallest absolute Gasteiger partial charge is 0.460 e. The van der Waals surface area contributed by atoms with Crippen molar-refractivity contribution in [3.8, 4) is 11.5 Å². The van der Waals surface area contributed by atoms with Crippen LogP contribution in [-0.4, -0.2) is 93.5 Å². The van der Waals surface area contributed by atoms with Crippen LogP contribution in [0, 0.1) is 5.92 Å². The van der Waals surface area contributed by atoms with Gasteiger partial charge in [0.25, 0.3) is 5.91 Å². The van der Waals surface area contributed by atoms with Gasteiger partial charge >= 0.3 is 53.7 Å². The number of hydrogen-bond donors (Lipinski definition) is 3. The van der Waals surface area contributed by atoms with Crippen molar-refractivity contribution in [2.45, 2.75) is 125 Å². The molecule has 0 fully saturated rings. The molecule has 67 heavy (non-hydrogen) atoms. The van der Waals surface area contributed by atoms with Gasteiger partial charge in [-0.05, 0) is 72.4 Å². The lowest BCUT2D eigenvalue weighted by atomic mass is 9.88. The normalized spacial score (nSPS) is 15.1. The Hall–Kier alpha value is -4.53. The molecule has 2 aromatic carbocycles. The first-order chi connectivity index (χ1) is 30.4. The molecule has 2 aromatic rings. The van der Waals surface area contributed by atoms with Crippen molar-refractivity contribution in [2.24, 2.45) is 5.92 Å². The summed E-state index contributed by atoms with van der Waals surface area (Å²) in [5, 5.41) is 11.5. The highest BCUT2D eigenvalue weighted by molar-refractivity contribution is 6.76. The number of methoxy groups -OCH3 is 1. The fraction of sp³-hybridized carbons (Fsp3) is 0.600. The predicted octanol–water partition coefficient (Wildman–Crippen LogP) is 13.0. The van der Waals surface area contributed by atoms with E-state index in [1.807, 2.05) is 0 Å². The first kappa shape index (κ1) is 58.6. The minimum absolute atomic E-state index is 0.0999. The number of ether oxygens (including phenoxy) is 3. The zero-order valence-corrected chi connectivity index (χ0v) is 37.4. The molecule has 0 aliphatic heterocycles. The van der Waals surface area contributed by atoms with E-state index in [9.17, 15) is 75.4 Å². The molecule has 0 unspecified atom stereocenters. The lowest BCUT2D eigenvalue weighted by molar-refractivity contribution is -0.461. The fourth-order valence-electron chi connectivity index (χ4n) is 6.62. The van der Waals surface area contributed by atoms with Gasteiger partial charge in [0.15, 0.2) is 8.32 Å². The van der Waals surface area contributed by atoms with Crippen LogP contribution in [0.3, 0.4) is 0 Å². The molecule has 2 atom stereocenters. The summed E-state index contributed by atoms with van der Waals surface area (Å²) in [7, 11) is -2.59. The molecule has 0 saturated carbocycles. The SMILES string of the molecule is COc1ccc(NC(=O)O[C@@H](c2ccc(OCCO[Si](CCC(F)(F)C(F)(F)C(F)(F)C(F)(F)C(F)(F)C(F)(F)C(F)(F)C(F)(F)F)(C(C)C)C(C)C)cc2)[C@@H](C)C/C=C(\C)C(=O)NO)cc1. The number of benzene rings is 2. The number of rotatable bonds is 24. The van der Waals surface area contributed by atoms with Gasteiger partial charge in [0, 0.05) is 23.6 Å². The Kier molecular flexibility index (Phi) is 18.7. The summed E-state index contributed by atoms with van der Waals surface area (Å²) in [5.41, 5.74) is 0.553. The van der Waals surface area contributed by atoms with Gasteiger partial charge in [0.2, 0.25) is 0 Å². The Labute approximate surface area is 373 Å². The third-order valence-electron chi connectivity index (χ3n) is 10.8. The van der Waals surface area contributed by atoms with E-state index in [1.165, 1.54) is 89.7 Å². The highest BCUT2D eigenvalue weighted by atomic mass is 28.4. The van der Waals surface area contributed by atoms with Crippen LogP contribution < -0.4 is 20.3 Å². The Morgan fingerprint density at radius 2 is 1.13 bits per heavy atom. The standard InChI is InChI=1S/C40H47F17N2O7Si/c1-22(2)67(23(3)4,21-18-33(41,42)34(43,44)35(45,46)36(47,48)37(49,50)38(51,52)39(53,54)40(55,56)57)65-20-19-64-29-14-10-26(11-15-29)30(24(5)8-9-25(6)31(60)59-62)66-32(61)58-27-12-16-28(63-7)17-13-27/h9-17,22-24,30,62H,8,18-21H2,1-7H3,(H,58,61)(H,59,60)/b25-9+/t24-,30+/m0/s1. The van der Waals surface area contributed by atoms with Crippen molar-refractivity contribution in [1.82, 2.24) is 5.48 Å². The van der Waals surface area contributed by atoms with Crippen LogP contribution in [0.4, 0.5) is 85.1 Å². The van der Waals surface area contributed by atoms with Crippen molar-refractivity contribution in [3.63, 3.8) is 0 Å². The summed E-state index contributed by atoms with van der Waals surface area (Å²) in [4.78, 5) is 24.7. The molecule has 0 aliphatic rings. The topological polar surface area (TPSA) is 115 Å². The second kappa shape index (κ2) is 21.4. The van der Waals surface area contributed by atoms with Gasteiger partial charge in [-0.25, -0.2) is 10.3 Å². The molecule has 0 heterocycles. The molecule has 0 aliphatic carbocycles. The van der Waals surface area contributed by atoms with Crippen LogP contribution in [0.5, 0.6) is 11.5 Å². The molecular formula is C40H47F17N2O7Si. The lowest BCUT2D eigenvalue weighted by Gasteiger charge is -2.44. The van der Waals surface area contributed by atoms with Gasteiger partial charge in [-0.15, -0.1) is 0 Å². The molecule has 0 aromatic heterocycles. The number of amides is 2. The van der Waals surface area contributed by atoms with E-state index >= 15 is 8.78 Å². The Morgan fingerprint density at radius 3 is 1.58 bits per heavy atom. The average molecular weight is 1020 g/mol. The summed E-state index contributed by atoms with van der Waals surface area (Å²) in [6.45, 7) is 7.35. The fourth-order valence-corrected chi connectivity index (χ4v) is 11.1. The van der Waals surface area contributed by atoms with Crippen LogP contribution in [0.25, 0.3) is 0 Å². The highest BCUT2D eigenvalue weighted by Gasteiger charge is 2.95. The van der Waals surface area contributed by atoms with Gasteiger partial charge < -0.3 is 18.6 Å². The number of hydroxylamine groups is 1. The summed E-state index contributed by atoms with van der Waals surface area (Å²) in [6, 6.07) is 10.6. The molecule has 27 heteroatoms. The second-order valence-corrected chi connectivity index (χ2v) is 20.9. The molecule has 9 nitrogen and oxygen atoms in total. The van der Waals surface area contributed by atoms with Crippen LogP contribution in [-0.2, 0) is 14.0 Å². The Balaban J connectivity index is 2.31. The maximum atomic E-state index is 15.0. The number of halogens is 17. The van der Waals surface area contributed by atoms with Crippen molar-refractivity contribution >= 4 is 26.0 Å². The molecule has 0 bridgehead atoms. The minimum atomic E-state index is -8.71. The van der Waals surface area contributed by atoms with Crippen molar-refractivity contribution in [3.05, 3.63) is 65.7 Å². The van der Waals surface area contributed by atoms with E-state index in [4.69, 9.17) is 23.8 Å². The maximum absolute atomic E-state index is 15.0. The maximum Gasteiger partial charge on any atom is 0.460 e. The van der Waals surface area contributed by atoms with Gasteiger partial charge in [-0.3, -0.25) is 15.3 Å². The van der Waals surface area contributed by atoms with Crippen LogP contribution in [0.15, 0.2) is 60.2 Å². The highest BCUT2D eigenvalue weighted by Crippen LogP contribution is 2.64. The number of carbonyl (C=O) groups is 2. The summed E-state index contributed by atoms with van der Waals surface area (Å²) >= 11 is 0. The van der Waals surface area contributed by atoms with Crippen molar-refractivity contribution in [2.75, 3.05) is 25.6 Å². The third-order valence-corrected chi connectivity index (χ3v) is 16.5. The molecule has 382 valence electrons. The summed E-state index contributed by atoms with van der Waals surface area (Å²) in [5.74, 6) is -57.6. The van der Waals surface area contributed by atoms with E-state index in [-0.39, 0.29) is 17.7 Å². The average Bonchev–Trinajstić information content (AvgIpc) is 3.23. The Morgan fingerprint density at radius 1 is 0.672 bits per heavy atom. The molecular weight excluding hydrogens is 971 g/mol. The molecule has 0 spiro atoms. The van der Waals surface area contributed by atoms with Gasteiger partial charge in [-0.1, -0.05) is 52.8 Å². The van der Waals surface area contributed by atoms with E-state index in [1.54, 1.807) is 19.1 Å². The molecule has 0 radical (unpaired) electrons. The van der Waals surface area contributed by atoms with Gasteiger partial charge in [0.1, 0.15) is 24.2 Å². The first-order valence-corrected chi connectivity index (χ1v) is 21.9. The zero-order valence-electron chi connectivity index (χ0n) is 36.4. The van der Waals surface area contributed by atoms with E-state index in [2.05, 4.69) is 5.32 Å². The summed E-state index contributed by atoms with van der Waals surface area (Å²) < 4.78 is 258. The number of carbonyl (C=O) groups excluding carboxylic acids is 2. The molecule has 2 amide bonds. The van der Waals surface area contributed by atoms with Crippen LogP contribution in [0.2, 0.25) is 17.1 Å². The molecule has 0 saturated heterocycles. The first-order valence-electron chi connectivity index (χ1n) is 19.7. The minimum Gasteiger partial charge on any atom is -0.497 e. The predicted molar refractivity (Wildman–Crippen MR) is 207 cm³/mol. The largest absolute Gasteiger partial charge is 0.497 e. The zero-order chi connectivity index (χ0) is 52.0. The van der Waals surface area contributed by atoms with E-state index < -0.39 is 117 Å². The monoisotopic (exact) mass is 1020 g/mol. The molecule has 3 N–H and O–H groups in total. The van der Waals surface area contributed by atoms with E-state index in [0.29, 0.717) is 17.0 Å². The van der Waals surface area contributed by atoms with Crippen molar-refractivity contribution < 1.29 is 108 Å². The lowest BCUT2D eigenvalue weighted by Crippen LogP contribution is -2.74. The quantitative estimate of drug-likeness (QED) is 0.0240. The van der Waals surface area contributed by atoms with Crippen molar-refractivity contribution in [1.29, 1.82) is 0 Å². The second-order valence-electron chi connectivity index (χ2n) is 15.9. The number of hydrogen-bond acceptors (Lipinski definition) is 7.